The van der Waals surface area contributed by atoms with Crippen molar-refractivity contribution in [2.45, 2.75) is 57.4 Å². The van der Waals surface area contributed by atoms with E-state index in [9.17, 15) is 0 Å². The second-order valence-corrected chi connectivity index (χ2v) is 5.58. The van der Waals surface area contributed by atoms with E-state index >= 15 is 0 Å². The first-order chi connectivity index (χ1) is 7.90. The fraction of sp³-hybridized carbons (Fsp3) is 1.00. The van der Waals surface area contributed by atoms with E-state index in [2.05, 4.69) is 12.4 Å². The van der Waals surface area contributed by atoms with Crippen LogP contribution in [0, 0.1) is 11.8 Å². The Labute approximate surface area is 100 Å². The predicted molar refractivity (Wildman–Crippen MR) is 67.6 cm³/mol. The Hall–Kier alpha value is -0.0800. The molecule has 2 atom stereocenters. The first-order valence-electron chi connectivity index (χ1n) is 7.15. The summed E-state index contributed by atoms with van der Waals surface area (Å²) >= 11 is 0. The van der Waals surface area contributed by atoms with Gasteiger partial charge >= 0.3 is 0 Å². The van der Waals surface area contributed by atoms with Crippen molar-refractivity contribution in [3.8, 4) is 0 Å². The van der Waals surface area contributed by atoms with E-state index in [1.54, 1.807) is 0 Å². The minimum atomic E-state index is 0.783. The van der Waals surface area contributed by atoms with Crippen LogP contribution in [0.3, 0.4) is 0 Å². The fourth-order valence-electron chi connectivity index (χ4n) is 3.46. The maximum absolute atomic E-state index is 5.45. The van der Waals surface area contributed by atoms with Gasteiger partial charge in [-0.15, -0.1) is 0 Å². The summed E-state index contributed by atoms with van der Waals surface area (Å²) in [6.07, 6.45) is 11.2. The zero-order valence-electron chi connectivity index (χ0n) is 10.7. The van der Waals surface area contributed by atoms with Crippen molar-refractivity contribution in [3.05, 3.63) is 0 Å². The van der Waals surface area contributed by atoms with Gasteiger partial charge in [0, 0.05) is 19.3 Å². The average Bonchev–Trinajstić information content (AvgIpc) is 2.55. The molecular formula is C14H27NO. The van der Waals surface area contributed by atoms with E-state index in [4.69, 9.17) is 4.74 Å². The van der Waals surface area contributed by atoms with Gasteiger partial charge in [-0.2, -0.15) is 0 Å². The Bertz CT molecular complexity index is 189. The van der Waals surface area contributed by atoms with Crippen molar-refractivity contribution in [1.29, 1.82) is 0 Å². The summed E-state index contributed by atoms with van der Waals surface area (Å²) in [4.78, 5) is 0. The maximum Gasteiger partial charge on any atom is 0.0468 e. The topological polar surface area (TPSA) is 21.3 Å². The van der Waals surface area contributed by atoms with Crippen LogP contribution in [0.4, 0.5) is 0 Å². The number of hydrogen-bond donors (Lipinski definition) is 1. The predicted octanol–water partition coefficient (Wildman–Crippen LogP) is 2.97. The smallest absolute Gasteiger partial charge is 0.0468 e. The van der Waals surface area contributed by atoms with Crippen LogP contribution < -0.4 is 5.32 Å². The Morgan fingerprint density at radius 3 is 2.50 bits per heavy atom. The van der Waals surface area contributed by atoms with Crippen LogP contribution in [-0.2, 0) is 4.74 Å². The molecule has 2 heteroatoms. The SMILES string of the molecule is CNC1CCCCCC1CC1CCOCC1. The molecule has 0 aromatic carbocycles. The van der Waals surface area contributed by atoms with E-state index in [1.165, 1.54) is 51.4 Å². The van der Waals surface area contributed by atoms with E-state index in [0.717, 1.165) is 31.1 Å². The van der Waals surface area contributed by atoms with Crippen LogP contribution in [-0.4, -0.2) is 26.3 Å². The third-order valence-electron chi connectivity index (χ3n) is 4.51. The minimum Gasteiger partial charge on any atom is -0.381 e. The molecule has 94 valence electrons. The zero-order chi connectivity index (χ0) is 11.2. The zero-order valence-corrected chi connectivity index (χ0v) is 10.7. The summed E-state index contributed by atoms with van der Waals surface area (Å²) in [5.74, 6) is 1.86. The summed E-state index contributed by atoms with van der Waals surface area (Å²) in [5.41, 5.74) is 0. The second-order valence-electron chi connectivity index (χ2n) is 5.58. The highest BCUT2D eigenvalue weighted by Crippen LogP contribution is 2.31. The van der Waals surface area contributed by atoms with Gasteiger partial charge < -0.3 is 10.1 Å². The molecule has 1 aliphatic carbocycles. The van der Waals surface area contributed by atoms with Crippen molar-refractivity contribution in [2.24, 2.45) is 11.8 Å². The molecule has 0 aromatic rings. The summed E-state index contributed by atoms with van der Waals surface area (Å²) in [6, 6.07) is 0.783. The molecule has 2 nitrogen and oxygen atoms in total. The van der Waals surface area contributed by atoms with Crippen molar-refractivity contribution < 1.29 is 4.74 Å². The third kappa shape index (κ3) is 3.46. The van der Waals surface area contributed by atoms with Crippen molar-refractivity contribution in [1.82, 2.24) is 5.32 Å². The summed E-state index contributed by atoms with van der Waals surface area (Å²) in [5, 5.41) is 3.55. The first-order valence-corrected chi connectivity index (χ1v) is 7.15. The number of nitrogens with one attached hydrogen (secondary N) is 1. The van der Waals surface area contributed by atoms with Gasteiger partial charge in [0.25, 0.3) is 0 Å². The quantitative estimate of drug-likeness (QED) is 0.746. The average molecular weight is 225 g/mol. The van der Waals surface area contributed by atoms with Gasteiger partial charge in [0.1, 0.15) is 0 Å². The van der Waals surface area contributed by atoms with Gasteiger partial charge in [0.05, 0.1) is 0 Å². The van der Waals surface area contributed by atoms with Crippen LogP contribution in [0.15, 0.2) is 0 Å². The lowest BCUT2D eigenvalue weighted by atomic mass is 9.82. The van der Waals surface area contributed by atoms with Crippen LogP contribution in [0.5, 0.6) is 0 Å². The van der Waals surface area contributed by atoms with E-state index in [1.807, 2.05) is 0 Å². The second kappa shape index (κ2) is 6.61. The molecule has 2 aliphatic rings. The van der Waals surface area contributed by atoms with Gasteiger partial charge in [-0.3, -0.25) is 0 Å². The monoisotopic (exact) mass is 225 g/mol. The van der Waals surface area contributed by atoms with Gasteiger partial charge in [-0.25, -0.2) is 0 Å². The molecular weight excluding hydrogens is 198 g/mol. The lowest BCUT2D eigenvalue weighted by Crippen LogP contribution is -2.34. The van der Waals surface area contributed by atoms with E-state index in [-0.39, 0.29) is 0 Å². The molecule has 1 heterocycles. The largest absolute Gasteiger partial charge is 0.381 e. The highest BCUT2D eigenvalue weighted by molar-refractivity contribution is 4.81. The molecule has 0 aromatic heterocycles. The lowest BCUT2D eigenvalue weighted by Gasteiger charge is -2.30. The van der Waals surface area contributed by atoms with E-state index < -0.39 is 0 Å². The molecule has 1 aliphatic heterocycles. The molecule has 0 spiro atoms. The molecule has 1 N–H and O–H groups in total. The molecule has 0 amide bonds. The summed E-state index contributed by atoms with van der Waals surface area (Å²) in [6.45, 7) is 2.00. The molecule has 2 fully saturated rings. The van der Waals surface area contributed by atoms with Gasteiger partial charge in [0.15, 0.2) is 0 Å². The maximum atomic E-state index is 5.45. The standard InChI is InChI=1S/C14H27NO/c1-15-14-6-4-2-3-5-13(14)11-12-7-9-16-10-8-12/h12-15H,2-11H2,1H3. The lowest BCUT2D eigenvalue weighted by molar-refractivity contribution is 0.0558. The molecule has 2 unspecified atom stereocenters. The minimum absolute atomic E-state index is 0.783. The highest BCUT2D eigenvalue weighted by atomic mass is 16.5. The van der Waals surface area contributed by atoms with Crippen molar-refractivity contribution in [2.75, 3.05) is 20.3 Å². The Balaban J connectivity index is 1.83. The Morgan fingerprint density at radius 1 is 1.00 bits per heavy atom. The molecule has 0 radical (unpaired) electrons. The molecule has 1 saturated heterocycles. The Morgan fingerprint density at radius 2 is 1.75 bits per heavy atom. The summed E-state index contributed by atoms with van der Waals surface area (Å²) in [7, 11) is 2.15. The van der Waals surface area contributed by atoms with Gasteiger partial charge in [0.2, 0.25) is 0 Å². The van der Waals surface area contributed by atoms with Crippen LogP contribution >= 0.6 is 0 Å². The highest BCUT2D eigenvalue weighted by Gasteiger charge is 2.26. The third-order valence-corrected chi connectivity index (χ3v) is 4.51. The number of rotatable bonds is 3. The molecule has 1 saturated carbocycles. The van der Waals surface area contributed by atoms with Crippen molar-refractivity contribution in [3.63, 3.8) is 0 Å². The Kier molecular flexibility index (Phi) is 5.11. The van der Waals surface area contributed by atoms with Crippen molar-refractivity contribution >= 4 is 0 Å². The molecule has 16 heavy (non-hydrogen) atoms. The fourth-order valence-corrected chi connectivity index (χ4v) is 3.46. The van der Waals surface area contributed by atoms with Gasteiger partial charge in [-0.05, 0) is 51.0 Å². The van der Waals surface area contributed by atoms with Gasteiger partial charge in [-0.1, -0.05) is 19.3 Å². The summed E-state index contributed by atoms with van der Waals surface area (Å²) < 4.78 is 5.45. The van der Waals surface area contributed by atoms with E-state index in [0.29, 0.717) is 0 Å². The first kappa shape index (κ1) is 12.4. The normalized spacial score (nSPS) is 33.6. The van der Waals surface area contributed by atoms with Crippen LogP contribution in [0.1, 0.15) is 51.4 Å². The molecule has 2 rings (SSSR count). The van der Waals surface area contributed by atoms with Crippen LogP contribution in [0.2, 0.25) is 0 Å². The number of ether oxygens (including phenoxy) is 1. The number of hydrogen-bond acceptors (Lipinski definition) is 2. The molecule has 0 bridgehead atoms. The van der Waals surface area contributed by atoms with Crippen LogP contribution in [0.25, 0.3) is 0 Å².